The molecule has 5 rings (SSSR count). The average molecular weight is 441 g/mol. The lowest BCUT2D eigenvalue weighted by Gasteiger charge is -2.32. The zero-order chi connectivity index (χ0) is 22.6. The van der Waals surface area contributed by atoms with E-state index >= 15 is 0 Å². The molecule has 0 aliphatic carbocycles. The van der Waals surface area contributed by atoms with Crippen LogP contribution in [0.2, 0.25) is 0 Å². The van der Waals surface area contributed by atoms with Crippen LogP contribution in [0.15, 0.2) is 66.9 Å². The molecule has 0 saturated carbocycles. The van der Waals surface area contributed by atoms with Gasteiger partial charge in [-0.2, -0.15) is 5.10 Å². The SMILES string of the molecule is CCc1cc(C(=O)NC2CCN(Cc3ccccc3)CC2)nc2cc(-c3ccccn3)nn12. The van der Waals surface area contributed by atoms with Crippen LogP contribution in [0.4, 0.5) is 0 Å². The van der Waals surface area contributed by atoms with Crippen LogP contribution < -0.4 is 5.32 Å². The van der Waals surface area contributed by atoms with Crippen molar-refractivity contribution in [3.63, 3.8) is 0 Å². The maximum atomic E-state index is 13.0. The molecule has 0 spiro atoms. The highest BCUT2D eigenvalue weighted by atomic mass is 16.1. The van der Waals surface area contributed by atoms with Crippen LogP contribution in [0.5, 0.6) is 0 Å². The summed E-state index contributed by atoms with van der Waals surface area (Å²) in [4.78, 5) is 24.5. The van der Waals surface area contributed by atoms with E-state index in [-0.39, 0.29) is 11.9 Å². The summed E-state index contributed by atoms with van der Waals surface area (Å²) < 4.78 is 1.81. The fourth-order valence-electron chi connectivity index (χ4n) is 4.38. The highest BCUT2D eigenvalue weighted by Gasteiger charge is 2.22. The van der Waals surface area contributed by atoms with E-state index in [1.807, 2.05) is 40.9 Å². The topological polar surface area (TPSA) is 75.4 Å². The normalized spacial score (nSPS) is 15.1. The van der Waals surface area contributed by atoms with Crippen LogP contribution in [-0.4, -0.2) is 49.5 Å². The number of likely N-dealkylation sites (tertiary alicyclic amines) is 1. The first-order valence-corrected chi connectivity index (χ1v) is 11.6. The molecular weight excluding hydrogens is 412 g/mol. The number of rotatable bonds is 6. The van der Waals surface area contributed by atoms with Crippen molar-refractivity contribution in [2.45, 2.75) is 38.8 Å². The second-order valence-electron chi connectivity index (χ2n) is 8.51. The van der Waals surface area contributed by atoms with Crippen molar-refractivity contribution in [3.8, 4) is 11.4 Å². The maximum absolute atomic E-state index is 13.0. The molecule has 3 aromatic heterocycles. The number of nitrogens with one attached hydrogen (secondary N) is 1. The molecular formula is C26H28N6O. The number of benzene rings is 1. The van der Waals surface area contributed by atoms with Gasteiger partial charge in [-0.3, -0.25) is 14.7 Å². The summed E-state index contributed by atoms with van der Waals surface area (Å²) in [6.45, 7) is 4.96. The van der Waals surface area contributed by atoms with Crippen molar-refractivity contribution in [2.75, 3.05) is 13.1 Å². The molecule has 4 aromatic rings. The molecule has 1 N–H and O–H groups in total. The summed E-state index contributed by atoms with van der Waals surface area (Å²) in [6, 6.07) is 20.2. The number of aryl methyl sites for hydroxylation is 1. The van der Waals surface area contributed by atoms with Crippen molar-refractivity contribution in [3.05, 3.63) is 83.8 Å². The number of piperidine rings is 1. The van der Waals surface area contributed by atoms with Crippen molar-refractivity contribution in [1.29, 1.82) is 0 Å². The predicted molar refractivity (Wildman–Crippen MR) is 128 cm³/mol. The molecule has 7 heteroatoms. The van der Waals surface area contributed by atoms with E-state index in [1.165, 1.54) is 5.56 Å². The lowest BCUT2D eigenvalue weighted by atomic mass is 10.0. The minimum absolute atomic E-state index is 0.116. The predicted octanol–water partition coefficient (Wildman–Crippen LogP) is 3.75. The van der Waals surface area contributed by atoms with Crippen molar-refractivity contribution in [2.24, 2.45) is 0 Å². The van der Waals surface area contributed by atoms with Crippen LogP contribution in [-0.2, 0) is 13.0 Å². The van der Waals surface area contributed by atoms with Crippen molar-refractivity contribution >= 4 is 11.6 Å². The summed E-state index contributed by atoms with van der Waals surface area (Å²) in [7, 11) is 0. The van der Waals surface area contributed by atoms with E-state index in [0.717, 1.165) is 56.0 Å². The molecule has 1 amide bonds. The van der Waals surface area contributed by atoms with E-state index in [9.17, 15) is 4.79 Å². The molecule has 0 unspecified atom stereocenters. The number of carbonyl (C=O) groups is 1. The largest absolute Gasteiger partial charge is 0.348 e. The summed E-state index contributed by atoms with van der Waals surface area (Å²) in [5.74, 6) is -0.116. The molecule has 1 saturated heterocycles. The fourth-order valence-corrected chi connectivity index (χ4v) is 4.38. The summed E-state index contributed by atoms with van der Waals surface area (Å²) in [6.07, 6.45) is 4.38. The zero-order valence-corrected chi connectivity index (χ0v) is 18.8. The Morgan fingerprint density at radius 2 is 1.82 bits per heavy atom. The first-order chi connectivity index (χ1) is 16.2. The van der Waals surface area contributed by atoms with Crippen LogP contribution in [0.3, 0.4) is 0 Å². The number of carbonyl (C=O) groups excluding carboxylic acids is 1. The van der Waals surface area contributed by atoms with Gasteiger partial charge in [-0.15, -0.1) is 0 Å². The first-order valence-electron chi connectivity index (χ1n) is 11.6. The lowest BCUT2D eigenvalue weighted by Crippen LogP contribution is -2.44. The van der Waals surface area contributed by atoms with Gasteiger partial charge in [-0.25, -0.2) is 9.50 Å². The van der Waals surface area contributed by atoms with Gasteiger partial charge in [0, 0.05) is 43.6 Å². The minimum Gasteiger partial charge on any atom is -0.348 e. The number of amides is 1. The number of pyridine rings is 1. The van der Waals surface area contributed by atoms with Gasteiger partial charge in [-0.05, 0) is 43.0 Å². The third kappa shape index (κ3) is 4.78. The molecule has 168 valence electrons. The molecule has 0 bridgehead atoms. The highest BCUT2D eigenvalue weighted by Crippen LogP contribution is 2.19. The van der Waals surface area contributed by atoms with Gasteiger partial charge >= 0.3 is 0 Å². The number of nitrogens with zero attached hydrogens (tertiary/aromatic N) is 5. The van der Waals surface area contributed by atoms with E-state index in [0.29, 0.717) is 11.3 Å². The third-order valence-corrected chi connectivity index (χ3v) is 6.19. The summed E-state index contributed by atoms with van der Waals surface area (Å²) >= 11 is 0. The monoisotopic (exact) mass is 440 g/mol. The average Bonchev–Trinajstić information content (AvgIpc) is 3.30. The Labute approximate surface area is 193 Å². The van der Waals surface area contributed by atoms with Crippen LogP contribution in [0.1, 0.15) is 41.5 Å². The molecule has 1 aliphatic rings. The second-order valence-corrected chi connectivity index (χ2v) is 8.51. The van der Waals surface area contributed by atoms with Gasteiger partial charge in [0.05, 0.1) is 5.69 Å². The first kappa shape index (κ1) is 21.3. The van der Waals surface area contributed by atoms with E-state index in [4.69, 9.17) is 0 Å². The Morgan fingerprint density at radius 3 is 2.55 bits per heavy atom. The zero-order valence-electron chi connectivity index (χ0n) is 18.8. The van der Waals surface area contributed by atoms with Crippen LogP contribution >= 0.6 is 0 Å². The maximum Gasteiger partial charge on any atom is 0.270 e. The smallest absolute Gasteiger partial charge is 0.270 e. The minimum atomic E-state index is -0.116. The Bertz CT molecular complexity index is 1230. The van der Waals surface area contributed by atoms with Gasteiger partial charge < -0.3 is 5.32 Å². The fraction of sp³-hybridized carbons (Fsp3) is 0.308. The highest BCUT2D eigenvalue weighted by molar-refractivity contribution is 5.93. The van der Waals surface area contributed by atoms with Gasteiger partial charge in [-0.1, -0.05) is 43.3 Å². The van der Waals surface area contributed by atoms with E-state index in [2.05, 4.69) is 56.5 Å². The molecule has 1 aromatic carbocycles. The number of fused-ring (bicyclic) bond motifs is 1. The van der Waals surface area contributed by atoms with Gasteiger partial charge in [0.1, 0.15) is 11.4 Å². The van der Waals surface area contributed by atoms with Crippen molar-refractivity contribution < 1.29 is 4.79 Å². The molecule has 1 aliphatic heterocycles. The standard InChI is InChI=1S/C26H28N6O/c1-2-21-16-24(29-25-17-23(30-32(21)25)22-10-6-7-13-27-22)26(33)28-20-11-14-31(15-12-20)18-19-8-4-3-5-9-19/h3-10,13,16-17,20H,2,11-12,14-15,18H2,1H3,(H,28,33). The molecule has 0 radical (unpaired) electrons. The molecule has 4 heterocycles. The molecule has 7 nitrogen and oxygen atoms in total. The molecule has 0 atom stereocenters. The molecule has 33 heavy (non-hydrogen) atoms. The van der Waals surface area contributed by atoms with Crippen molar-refractivity contribution in [1.82, 2.24) is 29.8 Å². The number of aromatic nitrogens is 4. The Hall–Kier alpha value is -3.58. The number of hydrogen-bond donors (Lipinski definition) is 1. The Morgan fingerprint density at radius 1 is 1.03 bits per heavy atom. The van der Waals surface area contributed by atoms with Crippen LogP contribution in [0, 0.1) is 0 Å². The van der Waals surface area contributed by atoms with Gasteiger partial charge in [0.15, 0.2) is 5.65 Å². The quantitative estimate of drug-likeness (QED) is 0.494. The van der Waals surface area contributed by atoms with Gasteiger partial charge in [0.2, 0.25) is 0 Å². The lowest BCUT2D eigenvalue weighted by molar-refractivity contribution is 0.0904. The number of hydrogen-bond acceptors (Lipinski definition) is 5. The van der Waals surface area contributed by atoms with Crippen LogP contribution in [0.25, 0.3) is 17.0 Å². The Kier molecular flexibility index (Phi) is 6.13. The summed E-state index contributed by atoms with van der Waals surface area (Å²) in [5.41, 5.74) is 4.93. The Balaban J connectivity index is 1.27. The van der Waals surface area contributed by atoms with E-state index < -0.39 is 0 Å². The summed E-state index contributed by atoms with van der Waals surface area (Å²) in [5, 5.41) is 7.87. The third-order valence-electron chi connectivity index (χ3n) is 6.19. The van der Waals surface area contributed by atoms with E-state index in [1.54, 1.807) is 6.20 Å². The van der Waals surface area contributed by atoms with Gasteiger partial charge in [0.25, 0.3) is 5.91 Å². The molecule has 1 fully saturated rings. The second kappa shape index (κ2) is 9.50.